The first-order valence-electron chi connectivity index (χ1n) is 33.7. The number of aromatic hydroxyl groups is 1. The molecule has 7 aromatic carbocycles. The number of nitrogens with zero attached hydrogens (tertiary/aromatic N) is 9. The van der Waals surface area contributed by atoms with Gasteiger partial charge in [0.1, 0.15) is 53.5 Å². The Labute approximate surface area is 628 Å². The number of rotatable bonds is 14. The van der Waals surface area contributed by atoms with E-state index in [0.29, 0.717) is 47.8 Å². The van der Waals surface area contributed by atoms with Gasteiger partial charge < -0.3 is 60.3 Å². The molecule has 12 aromatic rings. The van der Waals surface area contributed by atoms with E-state index in [1.165, 1.54) is 36.9 Å². The Kier molecular flexibility index (Phi) is 34.1. The van der Waals surface area contributed by atoms with E-state index in [2.05, 4.69) is 96.4 Å². The van der Waals surface area contributed by atoms with E-state index in [9.17, 15) is 14.7 Å². The zero-order valence-corrected chi connectivity index (χ0v) is 63.3. The number of carbonyl (C=O) groups excluding carboxylic acids is 2. The number of alkyl halides is 1. The average molecular weight is 1510 g/mol. The van der Waals surface area contributed by atoms with Crippen molar-refractivity contribution in [1.29, 1.82) is 0 Å². The Hall–Kier alpha value is -9.88. The fourth-order valence-electron chi connectivity index (χ4n) is 9.65. The molecule has 1 aliphatic heterocycles. The summed E-state index contributed by atoms with van der Waals surface area (Å²) in [7, 11) is 0. The number of nitrogen functional groups attached to an aromatic ring is 2. The molecule has 0 saturated carbocycles. The third-order valence-corrected chi connectivity index (χ3v) is 15.0. The SMILES string of the molecule is C1CCOC1.CC(C)(C)c1cc(NC(=O)Oc2ccccc2)no1.CCI.CCN(CC)CC.CCOc1ccc2c(c1)ncn2-c1ccc(N)cc1.CCOc1ccc2c(c1)ncn2-c1ccc(NC(=O)Nc2cc(C(C)(C)C)on2)cc1.Nc1ccc(-n2cnc3cc(O)ccc32)cc1.[Li+].[OH-]. The number of amides is 3. The van der Waals surface area contributed by atoms with Crippen LogP contribution < -0.4 is 60.5 Å². The van der Waals surface area contributed by atoms with Gasteiger partial charge in [0.05, 0.1) is 46.3 Å². The normalized spacial score (nSPS) is 11.3. The van der Waals surface area contributed by atoms with Crippen molar-refractivity contribution >= 4 is 96.5 Å². The molecule has 0 aliphatic carbocycles. The van der Waals surface area contributed by atoms with Gasteiger partial charge in [-0.05, 0) is 172 Å². The van der Waals surface area contributed by atoms with Gasteiger partial charge in [0, 0.05) is 88.5 Å². The largest absolute Gasteiger partial charge is 1.00 e. The van der Waals surface area contributed by atoms with Crippen molar-refractivity contribution < 1.29 is 67.0 Å². The van der Waals surface area contributed by atoms with Gasteiger partial charge in [-0.1, -0.05) is 120 Å². The number of ether oxygens (including phenoxy) is 4. The summed E-state index contributed by atoms with van der Waals surface area (Å²) in [5.74, 6) is 4.45. The predicted octanol–water partition coefficient (Wildman–Crippen LogP) is 14.7. The van der Waals surface area contributed by atoms with Crippen molar-refractivity contribution in [3.63, 3.8) is 0 Å². The van der Waals surface area contributed by atoms with Crippen LogP contribution in [0.15, 0.2) is 198 Å². The summed E-state index contributed by atoms with van der Waals surface area (Å²) >= 11 is 2.29. The van der Waals surface area contributed by atoms with E-state index >= 15 is 0 Å². The molecule has 9 N–H and O–H groups in total. The number of para-hydroxylation sites is 1. The number of halogens is 1. The maximum atomic E-state index is 12.3. The first-order chi connectivity index (χ1) is 48.6. The molecule has 3 amide bonds. The van der Waals surface area contributed by atoms with E-state index in [1.807, 2.05) is 197 Å². The van der Waals surface area contributed by atoms with Crippen LogP contribution in [0.1, 0.15) is 107 Å². The van der Waals surface area contributed by atoms with Crippen LogP contribution in [0, 0.1) is 0 Å². The van der Waals surface area contributed by atoms with Gasteiger partial charge in [-0.2, -0.15) is 0 Å². The zero-order valence-electron chi connectivity index (χ0n) is 61.2. The van der Waals surface area contributed by atoms with Crippen molar-refractivity contribution in [3.8, 4) is 40.1 Å². The summed E-state index contributed by atoms with van der Waals surface area (Å²) in [6.45, 7) is 31.5. The molecule has 26 heteroatoms. The predicted molar refractivity (Wildman–Crippen MR) is 415 cm³/mol. The molecule has 0 radical (unpaired) electrons. The van der Waals surface area contributed by atoms with Crippen LogP contribution in [0.3, 0.4) is 0 Å². The number of fused-ring (bicyclic) bond motifs is 3. The fourth-order valence-corrected chi connectivity index (χ4v) is 9.65. The van der Waals surface area contributed by atoms with Crippen molar-refractivity contribution in [3.05, 3.63) is 200 Å². The molecule has 6 heterocycles. The number of nitrogens with one attached hydrogen (secondary N) is 3. The van der Waals surface area contributed by atoms with Crippen LogP contribution >= 0.6 is 22.6 Å². The molecular formula is C77H96ILiN14O10. The Morgan fingerprint density at radius 3 is 1.30 bits per heavy atom. The molecule has 0 atom stereocenters. The second kappa shape index (κ2) is 41.9. The van der Waals surface area contributed by atoms with Gasteiger partial charge >= 0.3 is 31.0 Å². The second-order valence-corrected chi connectivity index (χ2v) is 26.2. The molecule has 0 spiro atoms. The number of hydrogen-bond donors (Lipinski definition) is 6. The summed E-state index contributed by atoms with van der Waals surface area (Å²) in [6.07, 6.45) is 7.27. The summed E-state index contributed by atoms with van der Waals surface area (Å²) in [4.78, 5) is 39.4. The molecule has 1 aliphatic rings. The van der Waals surface area contributed by atoms with E-state index < -0.39 is 12.1 Å². The van der Waals surface area contributed by atoms with Gasteiger partial charge in [0.25, 0.3) is 0 Å². The third kappa shape index (κ3) is 26.2. The van der Waals surface area contributed by atoms with Crippen molar-refractivity contribution in [2.45, 2.75) is 107 Å². The minimum Gasteiger partial charge on any atom is -0.870 e. The van der Waals surface area contributed by atoms with Crippen LogP contribution in [0.5, 0.6) is 23.0 Å². The van der Waals surface area contributed by atoms with Crippen molar-refractivity contribution in [2.75, 3.05) is 77.9 Å². The number of urea groups is 1. The topological polar surface area (TPSA) is 318 Å². The average Bonchev–Trinajstić information content (AvgIpc) is 1.69. The van der Waals surface area contributed by atoms with Crippen molar-refractivity contribution in [1.82, 2.24) is 43.9 Å². The minimum atomic E-state index is -0.597. The number of carbonyl (C=O) groups is 2. The standard InChI is InChI=1S/C23H25N5O3.C15H15N3O.C14H16N2O3.C13H11N3O.C6H15N.C4H8O.C2H5I.Li.H2O/c1-5-30-17-10-11-19-18(12-17)24-14-28(19)16-8-6-15(7-9-16)25-22(29)26-21-13-20(31-27-21)23(2,3)4;1-2-19-13-7-8-15-14(9-13)17-10-18(15)12-5-3-11(16)4-6-12;1-14(2,3)11-9-12(16-19-11)15-13(17)18-10-7-5-4-6-8-10;14-9-1-3-10(4-2-9)16-8-15-12-7-11(17)5-6-13(12)16;1-4-7(5-2)6-3;1-2-4-5-3-1;1-2-3;;/h6-14H,5H2,1-4H3,(H2,25,26,27,29);3-10H,2,16H2,1H3;4-9H,1-3H3,(H,15,16,17);1-8,17H,14H2;4-6H2,1-3H3;1-4H2;2H2,1H3;;1H2/q;;;;;;;+1;/p-1. The van der Waals surface area contributed by atoms with Crippen LogP contribution in [-0.2, 0) is 15.6 Å². The Bertz CT molecular complexity index is 4430. The molecular weight excluding hydrogens is 1410 g/mol. The number of hydrogen-bond acceptors (Lipinski definition) is 18. The van der Waals surface area contributed by atoms with Gasteiger partial charge in [-0.25, -0.2) is 24.5 Å². The van der Waals surface area contributed by atoms with Gasteiger partial charge in [-0.15, -0.1) is 0 Å². The molecule has 542 valence electrons. The van der Waals surface area contributed by atoms with Crippen LogP contribution in [0.25, 0.3) is 50.2 Å². The van der Waals surface area contributed by atoms with Crippen molar-refractivity contribution in [2.24, 2.45) is 0 Å². The number of aromatic nitrogens is 8. The minimum absolute atomic E-state index is 0. The van der Waals surface area contributed by atoms with E-state index in [0.717, 1.165) is 86.2 Å². The molecule has 1 saturated heterocycles. The molecule has 0 bridgehead atoms. The number of nitrogens with two attached hydrogens (primary N) is 2. The summed E-state index contributed by atoms with van der Waals surface area (Å²) in [5, 5.41) is 25.0. The van der Waals surface area contributed by atoms with Crippen LogP contribution in [0.2, 0.25) is 0 Å². The van der Waals surface area contributed by atoms with E-state index in [1.54, 1.807) is 61.2 Å². The second-order valence-electron chi connectivity index (χ2n) is 24.7. The van der Waals surface area contributed by atoms with E-state index in [4.69, 9.17) is 39.5 Å². The van der Waals surface area contributed by atoms with Gasteiger partial charge in [-0.3, -0.25) is 24.3 Å². The van der Waals surface area contributed by atoms with Crippen LogP contribution in [0.4, 0.5) is 38.3 Å². The number of imidazole rings is 3. The molecule has 1 fully saturated rings. The van der Waals surface area contributed by atoms with Gasteiger partial charge in [0.2, 0.25) is 0 Å². The Morgan fingerprint density at radius 2 is 0.932 bits per heavy atom. The van der Waals surface area contributed by atoms with Crippen LogP contribution in [-0.4, -0.2) is 117 Å². The first-order valence-corrected chi connectivity index (χ1v) is 35.2. The van der Waals surface area contributed by atoms with E-state index in [-0.39, 0.29) is 40.9 Å². The summed E-state index contributed by atoms with van der Waals surface area (Å²) < 4.78 is 38.7. The Balaban J connectivity index is 0.000000234. The molecule has 103 heavy (non-hydrogen) atoms. The Morgan fingerprint density at radius 1 is 0.534 bits per heavy atom. The molecule has 0 unspecified atom stereocenters. The zero-order chi connectivity index (χ0) is 72.9. The molecule has 24 nitrogen and oxygen atoms in total. The summed E-state index contributed by atoms with van der Waals surface area (Å²) in [6, 6.07) is 51.5. The fraction of sp³-hybridized carbons (Fsp3) is 0.312. The molecule has 5 aromatic heterocycles. The third-order valence-electron chi connectivity index (χ3n) is 15.0. The summed E-state index contributed by atoms with van der Waals surface area (Å²) in [5.41, 5.74) is 21.7. The van der Waals surface area contributed by atoms with Gasteiger partial charge in [0.15, 0.2) is 11.6 Å². The maximum Gasteiger partial charge on any atom is 1.00 e. The quantitative estimate of drug-likeness (QED) is 0.0255. The first kappa shape index (κ1) is 83.8. The smallest absolute Gasteiger partial charge is 0.870 e. The maximum absolute atomic E-state index is 12.3. The number of phenols is 1. The number of anilines is 5. The monoisotopic (exact) mass is 1510 g/mol. The molecule has 13 rings (SSSR count). The number of phenolic OH excluding ortho intramolecular Hbond substituents is 1. The number of benzene rings is 7.